The van der Waals surface area contributed by atoms with Crippen molar-refractivity contribution in [3.63, 3.8) is 0 Å². The van der Waals surface area contributed by atoms with E-state index in [0.717, 1.165) is 0 Å². The lowest BCUT2D eigenvalue weighted by Crippen LogP contribution is -2.12. The smallest absolute Gasteiger partial charge is 0.363 e. The summed E-state index contributed by atoms with van der Waals surface area (Å²) in [6, 6.07) is 5.86. The van der Waals surface area contributed by atoms with E-state index in [9.17, 15) is 9.59 Å². The van der Waals surface area contributed by atoms with E-state index in [4.69, 9.17) is 44.3 Å². The highest BCUT2D eigenvalue weighted by molar-refractivity contribution is 6.48. The minimum absolute atomic E-state index is 0.0212. The molecule has 0 atom stereocenters. The molecule has 2 rings (SSSR count). The second kappa shape index (κ2) is 7.64. The number of hydrogen-bond donors (Lipinski definition) is 0. The van der Waals surface area contributed by atoms with Crippen LogP contribution in [-0.4, -0.2) is 23.5 Å². The second-order valence-electron chi connectivity index (χ2n) is 4.22. The van der Waals surface area contributed by atoms with E-state index in [1.165, 1.54) is 30.5 Å². The van der Waals surface area contributed by atoms with E-state index in [2.05, 4.69) is 4.98 Å². The minimum Gasteiger partial charge on any atom is -0.462 e. The van der Waals surface area contributed by atoms with Gasteiger partial charge in [-0.15, -0.1) is 0 Å². The maximum absolute atomic E-state index is 12.1. The van der Waals surface area contributed by atoms with E-state index < -0.39 is 11.9 Å². The van der Waals surface area contributed by atoms with E-state index in [1.54, 1.807) is 6.92 Å². The fourth-order valence-electron chi connectivity index (χ4n) is 1.61. The molecule has 1 aromatic carbocycles. The van der Waals surface area contributed by atoms with Gasteiger partial charge in [-0.1, -0.05) is 34.8 Å². The summed E-state index contributed by atoms with van der Waals surface area (Å²) in [6.07, 6.45) is 1.20. The Bertz CT molecular complexity index is 747. The van der Waals surface area contributed by atoms with Crippen molar-refractivity contribution in [2.45, 2.75) is 6.92 Å². The third kappa shape index (κ3) is 4.13. The van der Waals surface area contributed by atoms with E-state index in [1.807, 2.05) is 0 Å². The molecule has 0 aliphatic carbocycles. The maximum atomic E-state index is 12.1. The second-order valence-corrected chi connectivity index (χ2v) is 5.38. The summed E-state index contributed by atoms with van der Waals surface area (Å²) in [5.74, 6) is -1.04. The Labute approximate surface area is 147 Å². The monoisotopic (exact) mass is 373 g/mol. The van der Waals surface area contributed by atoms with Crippen LogP contribution in [0.3, 0.4) is 0 Å². The zero-order valence-electron chi connectivity index (χ0n) is 11.8. The predicted molar refractivity (Wildman–Crippen MR) is 86.6 cm³/mol. The normalized spacial score (nSPS) is 10.3. The number of carbonyl (C=O) groups is 2. The van der Waals surface area contributed by atoms with Crippen molar-refractivity contribution in [1.29, 1.82) is 0 Å². The number of aromatic nitrogens is 1. The van der Waals surface area contributed by atoms with Crippen LogP contribution in [0.2, 0.25) is 15.1 Å². The van der Waals surface area contributed by atoms with Gasteiger partial charge in [0.05, 0.1) is 27.2 Å². The number of esters is 2. The lowest BCUT2D eigenvalue weighted by Gasteiger charge is -2.07. The van der Waals surface area contributed by atoms with Crippen LogP contribution in [-0.2, 0) is 4.74 Å². The highest BCUT2D eigenvalue weighted by atomic mass is 35.5. The van der Waals surface area contributed by atoms with Crippen molar-refractivity contribution in [2.24, 2.45) is 0 Å². The summed E-state index contributed by atoms with van der Waals surface area (Å²) in [6.45, 7) is 1.99. The number of benzene rings is 1. The van der Waals surface area contributed by atoms with Gasteiger partial charge in [0.2, 0.25) is 0 Å². The van der Waals surface area contributed by atoms with Gasteiger partial charge in [-0.3, -0.25) is 0 Å². The quantitative estimate of drug-likeness (QED) is 0.585. The van der Waals surface area contributed by atoms with Crippen LogP contribution < -0.4 is 4.74 Å². The van der Waals surface area contributed by atoms with Gasteiger partial charge in [0.15, 0.2) is 5.69 Å². The Morgan fingerprint density at radius 3 is 2.30 bits per heavy atom. The van der Waals surface area contributed by atoms with Crippen molar-refractivity contribution in [2.75, 3.05) is 6.61 Å². The van der Waals surface area contributed by atoms with Gasteiger partial charge < -0.3 is 9.47 Å². The fourth-order valence-corrected chi connectivity index (χ4v) is 2.17. The Kier molecular flexibility index (Phi) is 5.82. The molecule has 0 unspecified atom stereocenters. The molecule has 120 valence electrons. The van der Waals surface area contributed by atoms with Crippen molar-refractivity contribution < 1.29 is 19.1 Å². The van der Waals surface area contributed by atoms with Gasteiger partial charge in [-0.05, 0) is 31.2 Å². The molecule has 1 aromatic heterocycles. The van der Waals surface area contributed by atoms with Gasteiger partial charge in [-0.25, -0.2) is 14.6 Å². The minimum atomic E-state index is -0.794. The summed E-state index contributed by atoms with van der Waals surface area (Å²) < 4.78 is 9.99. The van der Waals surface area contributed by atoms with Gasteiger partial charge in [0, 0.05) is 6.20 Å². The molecule has 0 amide bonds. The third-order valence-electron chi connectivity index (χ3n) is 2.69. The molecule has 0 bridgehead atoms. The average Bonchev–Trinajstić information content (AvgIpc) is 2.53. The molecule has 0 fully saturated rings. The maximum Gasteiger partial charge on any atom is 0.363 e. The number of nitrogens with zero attached hydrogens (tertiary/aromatic N) is 1. The predicted octanol–water partition coefficient (Wildman–Crippen LogP) is 4.44. The van der Waals surface area contributed by atoms with Crippen molar-refractivity contribution in [1.82, 2.24) is 4.98 Å². The molecule has 23 heavy (non-hydrogen) atoms. The SMILES string of the molecule is CCOC(=O)c1ccc(OC(=O)c2ncc(Cl)c(Cl)c2Cl)cc1. The number of hydrogen-bond acceptors (Lipinski definition) is 5. The van der Waals surface area contributed by atoms with Gasteiger partial charge in [0.25, 0.3) is 0 Å². The number of halogens is 3. The van der Waals surface area contributed by atoms with Crippen LogP contribution in [0.5, 0.6) is 5.75 Å². The number of pyridine rings is 1. The van der Waals surface area contributed by atoms with Crippen LogP contribution in [0.15, 0.2) is 30.5 Å². The van der Waals surface area contributed by atoms with E-state index in [0.29, 0.717) is 5.56 Å². The van der Waals surface area contributed by atoms with Crippen LogP contribution in [0.25, 0.3) is 0 Å². The molecule has 2 aromatic rings. The first-order chi connectivity index (χ1) is 10.9. The molecule has 5 nitrogen and oxygen atoms in total. The summed E-state index contributed by atoms with van der Waals surface area (Å²) in [7, 11) is 0. The lowest BCUT2D eigenvalue weighted by atomic mass is 10.2. The van der Waals surface area contributed by atoms with Crippen LogP contribution in [0.1, 0.15) is 27.8 Å². The fraction of sp³-hybridized carbons (Fsp3) is 0.133. The summed E-state index contributed by atoms with van der Waals surface area (Å²) >= 11 is 17.5. The zero-order valence-corrected chi connectivity index (χ0v) is 14.1. The molecule has 0 aliphatic rings. The first-order valence-electron chi connectivity index (χ1n) is 6.43. The van der Waals surface area contributed by atoms with Crippen LogP contribution >= 0.6 is 34.8 Å². The third-order valence-corrected chi connectivity index (χ3v) is 3.93. The Balaban J connectivity index is 2.15. The molecule has 0 saturated heterocycles. The van der Waals surface area contributed by atoms with Crippen molar-refractivity contribution in [3.05, 3.63) is 56.8 Å². The number of rotatable bonds is 4. The average molecular weight is 375 g/mol. The number of carbonyl (C=O) groups excluding carboxylic acids is 2. The standard InChI is InChI=1S/C15H10Cl3NO4/c1-2-22-14(20)8-3-5-9(6-4-8)23-15(21)13-12(18)11(17)10(16)7-19-13/h3-7H,2H2,1H3. The first-order valence-corrected chi connectivity index (χ1v) is 7.56. The van der Waals surface area contributed by atoms with Crippen molar-refractivity contribution >= 4 is 46.7 Å². The van der Waals surface area contributed by atoms with Gasteiger partial charge in [-0.2, -0.15) is 0 Å². The van der Waals surface area contributed by atoms with E-state index >= 15 is 0 Å². The molecular weight excluding hydrogens is 365 g/mol. The van der Waals surface area contributed by atoms with Crippen molar-refractivity contribution in [3.8, 4) is 5.75 Å². The first kappa shape index (κ1) is 17.5. The lowest BCUT2D eigenvalue weighted by molar-refractivity contribution is 0.0526. The summed E-state index contributed by atoms with van der Waals surface area (Å²) in [5, 5.41) is 0.0623. The molecule has 0 radical (unpaired) electrons. The highest BCUT2D eigenvalue weighted by Crippen LogP contribution is 2.31. The van der Waals surface area contributed by atoms with Crippen LogP contribution in [0, 0.1) is 0 Å². The highest BCUT2D eigenvalue weighted by Gasteiger charge is 2.19. The Hall–Kier alpha value is -1.82. The zero-order chi connectivity index (χ0) is 17.0. The molecule has 0 spiro atoms. The number of ether oxygens (including phenoxy) is 2. The van der Waals surface area contributed by atoms with Crippen LogP contribution in [0.4, 0.5) is 0 Å². The molecule has 0 N–H and O–H groups in total. The van der Waals surface area contributed by atoms with E-state index in [-0.39, 0.29) is 33.1 Å². The molecule has 1 heterocycles. The molecule has 8 heteroatoms. The summed E-state index contributed by atoms with van der Waals surface area (Å²) in [5.41, 5.74) is 0.188. The molecule has 0 aliphatic heterocycles. The molecular formula is C15H10Cl3NO4. The summed E-state index contributed by atoms with van der Waals surface area (Å²) in [4.78, 5) is 27.4. The topological polar surface area (TPSA) is 65.5 Å². The van der Waals surface area contributed by atoms with Gasteiger partial charge in [0.1, 0.15) is 5.75 Å². The molecule has 0 saturated carbocycles. The largest absolute Gasteiger partial charge is 0.462 e. The Morgan fingerprint density at radius 2 is 1.70 bits per heavy atom. The Morgan fingerprint density at radius 1 is 1.04 bits per heavy atom. The van der Waals surface area contributed by atoms with Gasteiger partial charge >= 0.3 is 11.9 Å².